The lowest BCUT2D eigenvalue weighted by molar-refractivity contribution is -0.144. The Morgan fingerprint density at radius 2 is 0.900 bits per heavy atom. The van der Waals surface area contributed by atoms with Crippen LogP contribution in [0.3, 0.4) is 0 Å². The lowest BCUT2D eigenvalue weighted by Crippen LogP contribution is -2.07. The second kappa shape index (κ2) is 16.9. The van der Waals surface area contributed by atoms with Crippen molar-refractivity contribution in [3.8, 4) is 11.5 Å². The monoisotopic (exact) mass is 554 g/mol. The van der Waals surface area contributed by atoms with E-state index in [-0.39, 0.29) is 11.9 Å². The van der Waals surface area contributed by atoms with Gasteiger partial charge in [-0.15, -0.1) is 0 Å². The van der Waals surface area contributed by atoms with Crippen LogP contribution in [0.2, 0.25) is 0 Å². The predicted molar refractivity (Wildman–Crippen MR) is 160 cm³/mol. The Labute approximate surface area is 241 Å². The summed E-state index contributed by atoms with van der Waals surface area (Å²) in [6, 6.07) is 4.02. The zero-order valence-electron chi connectivity index (χ0n) is 25.6. The molecule has 0 fully saturated rings. The zero-order chi connectivity index (χ0) is 29.7. The van der Waals surface area contributed by atoms with E-state index in [2.05, 4.69) is 0 Å². The van der Waals surface area contributed by atoms with Crippen molar-refractivity contribution in [1.29, 1.82) is 0 Å². The van der Waals surface area contributed by atoms with Gasteiger partial charge in [0.2, 0.25) is 0 Å². The molecular formula is C34H50O6. The molecular weight excluding hydrogens is 504 g/mol. The van der Waals surface area contributed by atoms with Gasteiger partial charge in [-0.25, -0.2) is 0 Å². The van der Waals surface area contributed by atoms with Gasteiger partial charge >= 0.3 is 11.9 Å². The molecule has 0 aliphatic heterocycles. The van der Waals surface area contributed by atoms with Crippen LogP contribution >= 0.6 is 0 Å². The number of hydrogen-bond acceptors (Lipinski definition) is 6. The van der Waals surface area contributed by atoms with Crippen LogP contribution in [0.4, 0.5) is 0 Å². The molecule has 6 heteroatoms. The molecule has 0 heterocycles. The first-order valence-corrected chi connectivity index (χ1v) is 14.9. The molecule has 0 spiro atoms. The number of unbranched alkanes of at least 4 members (excludes halogenated alkanes) is 5. The highest BCUT2D eigenvalue weighted by Crippen LogP contribution is 2.29. The van der Waals surface area contributed by atoms with Gasteiger partial charge in [-0.2, -0.15) is 0 Å². The third-order valence-corrected chi connectivity index (χ3v) is 8.05. The van der Waals surface area contributed by atoms with E-state index in [0.717, 1.165) is 97.6 Å². The van der Waals surface area contributed by atoms with Gasteiger partial charge in [0.1, 0.15) is 11.5 Å². The molecule has 0 bridgehead atoms. The maximum Gasteiger partial charge on any atom is 0.305 e. The van der Waals surface area contributed by atoms with E-state index in [1.54, 1.807) is 0 Å². The number of aromatic hydroxyl groups is 2. The molecule has 222 valence electrons. The van der Waals surface area contributed by atoms with Gasteiger partial charge in [-0.1, -0.05) is 37.8 Å². The van der Waals surface area contributed by atoms with Crippen molar-refractivity contribution in [3.63, 3.8) is 0 Å². The number of carbonyl (C=O) groups is 2. The minimum absolute atomic E-state index is 0.143. The maximum atomic E-state index is 12.0. The molecule has 0 atom stereocenters. The fourth-order valence-corrected chi connectivity index (χ4v) is 5.10. The quantitative estimate of drug-likeness (QED) is 0.154. The number of phenolic OH excluding ortho intramolecular Hbond substituents is 2. The molecule has 2 aromatic rings. The highest BCUT2D eigenvalue weighted by atomic mass is 16.5. The molecule has 6 nitrogen and oxygen atoms in total. The Balaban J connectivity index is 1.44. The number of ether oxygens (including phenoxy) is 2. The Morgan fingerprint density at radius 1 is 0.550 bits per heavy atom. The Morgan fingerprint density at radius 3 is 1.27 bits per heavy atom. The molecule has 2 rings (SSSR count). The van der Waals surface area contributed by atoms with Crippen molar-refractivity contribution in [2.45, 2.75) is 119 Å². The highest BCUT2D eigenvalue weighted by molar-refractivity contribution is 5.69. The van der Waals surface area contributed by atoms with E-state index in [0.29, 0.717) is 37.6 Å². The van der Waals surface area contributed by atoms with Crippen LogP contribution in [0, 0.1) is 41.5 Å². The molecule has 2 aromatic carbocycles. The number of benzene rings is 2. The largest absolute Gasteiger partial charge is 0.507 e. The SMILES string of the molecule is Cc1cc(CCCC(=O)OCCCCCCCCOC(=O)CCCc2cc(C)c(O)c(C)c2C)c(C)c(C)c1O. The number of esters is 2. The molecule has 0 aliphatic carbocycles. The van der Waals surface area contributed by atoms with Crippen molar-refractivity contribution >= 4 is 11.9 Å². The molecule has 0 aliphatic rings. The summed E-state index contributed by atoms with van der Waals surface area (Å²) >= 11 is 0. The van der Waals surface area contributed by atoms with Gasteiger partial charge in [0.25, 0.3) is 0 Å². The average molecular weight is 555 g/mol. The summed E-state index contributed by atoms with van der Waals surface area (Å²) in [7, 11) is 0. The predicted octanol–water partition coefficient (Wildman–Crippen LogP) is 7.72. The van der Waals surface area contributed by atoms with E-state index >= 15 is 0 Å². The molecule has 0 saturated heterocycles. The summed E-state index contributed by atoms with van der Waals surface area (Å²) in [5.74, 6) is 0.433. The normalized spacial score (nSPS) is 11.1. The Hall–Kier alpha value is -3.02. The van der Waals surface area contributed by atoms with Crippen LogP contribution in [0.15, 0.2) is 12.1 Å². The highest BCUT2D eigenvalue weighted by Gasteiger charge is 2.12. The van der Waals surface area contributed by atoms with Gasteiger partial charge in [0.05, 0.1) is 13.2 Å². The molecule has 0 radical (unpaired) electrons. The summed E-state index contributed by atoms with van der Waals surface area (Å²) in [5.41, 5.74) is 8.13. The smallest absolute Gasteiger partial charge is 0.305 e. The summed E-state index contributed by atoms with van der Waals surface area (Å²) in [6.07, 6.45) is 9.85. The van der Waals surface area contributed by atoms with Crippen LogP contribution in [0.25, 0.3) is 0 Å². The van der Waals surface area contributed by atoms with Crippen molar-refractivity contribution < 1.29 is 29.3 Å². The summed E-state index contributed by atoms with van der Waals surface area (Å²) < 4.78 is 10.8. The molecule has 0 aromatic heterocycles. The van der Waals surface area contributed by atoms with Gasteiger partial charge < -0.3 is 19.7 Å². The minimum atomic E-state index is -0.143. The van der Waals surface area contributed by atoms with E-state index in [9.17, 15) is 19.8 Å². The second-order valence-electron chi connectivity index (χ2n) is 11.2. The van der Waals surface area contributed by atoms with Gasteiger partial charge in [-0.3, -0.25) is 9.59 Å². The van der Waals surface area contributed by atoms with Gasteiger partial charge in [0.15, 0.2) is 0 Å². The third-order valence-electron chi connectivity index (χ3n) is 8.05. The Bertz CT molecular complexity index is 1040. The fraction of sp³-hybridized carbons (Fsp3) is 0.588. The van der Waals surface area contributed by atoms with Crippen LogP contribution in [0.5, 0.6) is 11.5 Å². The van der Waals surface area contributed by atoms with Crippen molar-refractivity contribution in [2.24, 2.45) is 0 Å². The van der Waals surface area contributed by atoms with Crippen LogP contribution < -0.4 is 0 Å². The fourth-order valence-electron chi connectivity index (χ4n) is 5.10. The van der Waals surface area contributed by atoms with E-state index < -0.39 is 0 Å². The maximum absolute atomic E-state index is 12.0. The molecule has 0 unspecified atom stereocenters. The number of hydrogen-bond donors (Lipinski definition) is 2. The second-order valence-corrected chi connectivity index (χ2v) is 11.2. The van der Waals surface area contributed by atoms with Crippen LogP contribution in [0.1, 0.15) is 109 Å². The van der Waals surface area contributed by atoms with Crippen molar-refractivity contribution in [1.82, 2.24) is 0 Å². The van der Waals surface area contributed by atoms with Crippen molar-refractivity contribution in [2.75, 3.05) is 13.2 Å². The topological polar surface area (TPSA) is 93.1 Å². The minimum Gasteiger partial charge on any atom is -0.507 e. The number of phenols is 2. The first-order chi connectivity index (χ1) is 19.0. The van der Waals surface area contributed by atoms with E-state index in [1.807, 2.05) is 53.7 Å². The first kappa shape index (κ1) is 33.2. The first-order valence-electron chi connectivity index (χ1n) is 14.9. The van der Waals surface area contributed by atoms with Gasteiger partial charge in [-0.05, 0) is 125 Å². The Kier molecular flexibility index (Phi) is 14.1. The average Bonchev–Trinajstić information content (AvgIpc) is 2.92. The number of aryl methyl sites for hydroxylation is 4. The summed E-state index contributed by atoms with van der Waals surface area (Å²) in [6.45, 7) is 12.6. The zero-order valence-corrected chi connectivity index (χ0v) is 25.6. The van der Waals surface area contributed by atoms with Crippen LogP contribution in [-0.2, 0) is 31.9 Å². The van der Waals surface area contributed by atoms with Crippen LogP contribution in [-0.4, -0.2) is 35.4 Å². The summed E-state index contributed by atoms with van der Waals surface area (Å²) in [4.78, 5) is 24.1. The number of carbonyl (C=O) groups excluding carboxylic acids is 2. The molecule has 0 amide bonds. The number of rotatable bonds is 17. The van der Waals surface area contributed by atoms with E-state index in [4.69, 9.17) is 9.47 Å². The molecule has 2 N–H and O–H groups in total. The lowest BCUT2D eigenvalue weighted by atomic mass is 9.95. The summed E-state index contributed by atoms with van der Waals surface area (Å²) in [5, 5.41) is 20.1. The molecule has 40 heavy (non-hydrogen) atoms. The molecule has 0 saturated carbocycles. The van der Waals surface area contributed by atoms with E-state index in [1.165, 1.54) is 11.1 Å². The van der Waals surface area contributed by atoms with Crippen molar-refractivity contribution in [3.05, 3.63) is 56.6 Å². The third kappa shape index (κ3) is 10.5. The van der Waals surface area contributed by atoms with Gasteiger partial charge in [0, 0.05) is 12.8 Å². The lowest BCUT2D eigenvalue weighted by Gasteiger charge is -2.13. The standard InChI is InChI=1S/C34H50O6/c1-23-21-29(25(3)27(5)33(23)37)15-13-17-31(35)39-19-11-9-7-8-10-12-20-40-32(36)18-14-16-30-22-24(2)34(38)28(6)26(30)4/h21-22,37-38H,7-20H2,1-6H3.